The van der Waals surface area contributed by atoms with Crippen molar-refractivity contribution in [1.82, 2.24) is 14.5 Å². The summed E-state index contributed by atoms with van der Waals surface area (Å²) in [5, 5.41) is 11.8. The second kappa shape index (κ2) is 16.1. The molecule has 0 aliphatic rings. The van der Waals surface area contributed by atoms with E-state index in [2.05, 4.69) is 30.3 Å². The summed E-state index contributed by atoms with van der Waals surface area (Å²) in [6, 6.07) is 54.6. The van der Waals surface area contributed by atoms with E-state index in [1.54, 1.807) is 43.5 Å². The molecule has 292 valence electrons. The Morgan fingerprint density at radius 3 is 1.95 bits per heavy atom. The summed E-state index contributed by atoms with van der Waals surface area (Å²) >= 11 is 0. The molecule has 7 aromatic carbocycles. The van der Waals surface area contributed by atoms with Crippen molar-refractivity contribution in [2.45, 2.75) is 39.8 Å². The molecule has 1 N–H and O–H groups in total. The van der Waals surface area contributed by atoms with Crippen molar-refractivity contribution in [2.75, 3.05) is 0 Å². The van der Waals surface area contributed by atoms with Crippen LogP contribution in [0.5, 0.6) is 5.75 Å². The van der Waals surface area contributed by atoms with Crippen LogP contribution in [0.1, 0.15) is 49.6 Å². The van der Waals surface area contributed by atoms with Crippen molar-refractivity contribution in [2.24, 2.45) is 0 Å². The zero-order chi connectivity index (χ0) is 47.5. The Labute approximate surface area is 373 Å². The first-order valence-electron chi connectivity index (χ1n) is 23.5. The molecule has 0 fully saturated rings. The summed E-state index contributed by atoms with van der Waals surface area (Å²) in [5.41, 5.74) is 7.56. The first-order chi connectivity index (χ1) is 31.9. The van der Waals surface area contributed by atoms with Gasteiger partial charge in [-0.3, -0.25) is 9.55 Å². The summed E-state index contributed by atoms with van der Waals surface area (Å²) in [7, 11) is 0. The van der Waals surface area contributed by atoms with Gasteiger partial charge in [0, 0.05) is 50.9 Å². The van der Waals surface area contributed by atoms with E-state index in [0.717, 1.165) is 33.4 Å². The number of pyridine rings is 1. The van der Waals surface area contributed by atoms with E-state index < -0.39 is 26.0 Å². The van der Waals surface area contributed by atoms with Gasteiger partial charge in [-0.15, -0.1) is 23.8 Å². The van der Waals surface area contributed by atoms with Crippen LogP contribution >= 0.6 is 0 Å². The number of hydrogen-bond acceptors (Lipinski definition) is 3. The normalized spacial score (nSPS) is 14.3. The quantitative estimate of drug-likeness (QED) is 0.162. The topological polar surface area (TPSA) is 50.9 Å². The molecule has 0 bridgehead atoms. The molecular weight excluding hydrogens is 902 g/mol. The molecule has 2 aromatic heterocycles. The number of imidazole rings is 1. The predicted octanol–water partition coefficient (Wildman–Crippen LogP) is 13.8. The van der Waals surface area contributed by atoms with Crippen LogP contribution in [0.25, 0.3) is 83.9 Å². The van der Waals surface area contributed by atoms with Crippen LogP contribution in [0.2, 0.25) is 0 Å². The Morgan fingerprint density at radius 1 is 0.593 bits per heavy atom. The van der Waals surface area contributed by atoms with Gasteiger partial charge in [-0.25, -0.2) is 4.98 Å². The molecule has 0 aliphatic carbocycles. The minimum Gasteiger partial charge on any atom is -0.507 e. The standard InChI is InChI=1S/C54H44N3O.Pt/c1-35-28-36(2)52(58)47(29-35)53-56-51-45(22-15-23-50(51)57(53)49-25-24-44(54(3,4)5)34-46(49)39-20-13-8-14-21-39)42-30-41(38-18-11-7-12-19-38)31-43(32-42)48-33-40(26-27-55-48)37-16-9-6-10-17-37;/h6-31,33-34,58H,1-5H3;/q-1;/i3D3,4D3,5D3;. The molecule has 0 saturated carbocycles. The Kier molecular flexibility index (Phi) is 8.14. The summed E-state index contributed by atoms with van der Waals surface area (Å²) in [6.45, 7) is -6.71. The van der Waals surface area contributed by atoms with Crippen LogP contribution in [0.15, 0.2) is 170 Å². The van der Waals surface area contributed by atoms with Gasteiger partial charge in [0.05, 0.1) is 22.3 Å². The molecule has 0 radical (unpaired) electrons. The maximum atomic E-state index is 11.8. The fourth-order valence-corrected chi connectivity index (χ4v) is 7.72. The molecule has 0 spiro atoms. The van der Waals surface area contributed by atoms with Gasteiger partial charge in [-0.05, 0) is 88.5 Å². The number of rotatable bonds is 7. The first-order valence-corrected chi connectivity index (χ1v) is 19.0. The van der Waals surface area contributed by atoms with Crippen molar-refractivity contribution < 1.29 is 38.5 Å². The van der Waals surface area contributed by atoms with Gasteiger partial charge in [0.15, 0.2) is 0 Å². The van der Waals surface area contributed by atoms with Gasteiger partial charge < -0.3 is 5.11 Å². The van der Waals surface area contributed by atoms with E-state index in [1.807, 2.05) is 109 Å². The third kappa shape index (κ3) is 7.69. The van der Waals surface area contributed by atoms with Crippen molar-refractivity contribution in [3.8, 4) is 78.6 Å². The number of para-hydroxylation sites is 1. The molecule has 0 aliphatic heterocycles. The summed E-state index contributed by atoms with van der Waals surface area (Å²) in [4.78, 5) is 10.2. The molecule has 9 rings (SSSR count). The summed E-state index contributed by atoms with van der Waals surface area (Å²) < 4.78 is 78.6. The number of aryl methyl sites for hydroxylation is 2. The molecule has 0 atom stereocenters. The molecular formula is C54H44N3OPt-. The van der Waals surface area contributed by atoms with Gasteiger partial charge >= 0.3 is 0 Å². The van der Waals surface area contributed by atoms with E-state index in [1.165, 1.54) is 12.1 Å². The number of phenols is 1. The minimum absolute atomic E-state index is 0. The number of nitrogens with zero attached hydrogens (tertiary/aromatic N) is 3. The number of hydrogen-bond donors (Lipinski definition) is 1. The Hall–Kier alpha value is -6.35. The zero-order valence-corrected chi connectivity index (χ0v) is 34.5. The van der Waals surface area contributed by atoms with Crippen LogP contribution in [-0.4, -0.2) is 19.6 Å². The van der Waals surface area contributed by atoms with Gasteiger partial charge in [0.25, 0.3) is 0 Å². The second-order valence-electron chi connectivity index (χ2n) is 14.6. The van der Waals surface area contributed by atoms with E-state index in [9.17, 15) is 5.11 Å². The predicted molar refractivity (Wildman–Crippen MR) is 240 cm³/mol. The third-order valence-corrected chi connectivity index (χ3v) is 10.5. The van der Waals surface area contributed by atoms with Gasteiger partial charge in [0.2, 0.25) is 0 Å². The number of aromatic nitrogens is 3. The van der Waals surface area contributed by atoms with Gasteiger partial charge in [0.1, 0.15) is 11.6 Å². The zero-order valence-electron chi connectivity index (χ0n) is 41.3. The average molecular weight is 955 g/mol. The molecule has 5 heteroatoms. The van der Waals surface area contributed by atoms with Crippen LogP contribution < -0.4 is 0 Å². The molecule has 4 nitrogen and oxygen atoms in total. The number of fused-ring (bicyclic) bond motifs is 1. The number of aromatic hydroxyl groups is 1. The van der Waals surface area contributed by atoms with Crippen molar-refractivity contribution in [3.05, 3.63) is 193 Å². The van der Waals surface area contributed by atoms with Crippen molar-refractivity contribution in [3.63, 3.8) is 0 Å². The Bertz CT molecular complexity index is 3260. The SMILES string of the molecule is [2H]C([2H])([2H])C(c1ccc(-n2c(-c3cc(C)cc(C)c3O)nc3c(-c4[c-]c(-c5cc(-c6ccccc6)ccn5)cc(-c5ccccc5)c4)cccc32)c(-c2ccccc2)c1)(C([2H])([2H])[2H])C([2H])([2H])[2H].[Pt]. The molecule has 9 aromatic rings. The molecule has 2 heterocycles. The fraction of sp³-hybridized carbons (Fsp3) is 0.111. The maximum Gasteiger partial charge on any atom is 0.148 e. The Balaban J connectivity index is 0.00000625. The van der Waals surface area contributed by atoms with E-state index >= 15 is 0 Å². The van der Waals surface area contributed by atoms with Gasteiger partial charge in [-0.1, -0.05) is 159 Å². The van der Waals surface area contributed by atoms with E-state index in [-0.39, 0.29) is 32.4 Å². The summed E-state index contributed by atoms with van der Waals surface area (Å²) in [6.07, 6.45) is 1.79. The van der Waals surface area contributed by atoms with Gasteiger partial charge in [-0.2, -0.15) is 0 Å². The number of phenolic OH excluding ortho intramolecular Hbond substituents is 1. The second-order valence-corrected chi connectivity index (χ2v) is 14.6. The molecule has 0 unspecified atom stereocenters. The van der Waals surface area contributed by atoms with Crippen LogP contribution in [-0.2, 0) is 26.5 Å². The molecule has 0 amide bonds. The average Bonchev–Trinajstić information content (AvgIpc) is 3.69. The smallest absolute Gasteiger partial charge is 0.148 e. The first kappa shape index (κ1) is 29.8. The third-order valence-electron chi connectivity index (χ3n) is 10.5. The maximum absolute atomic E-state index is 11.8. The molecule has 59 heavy (non-hydrogen) atoms. The largest absolute Gasteiger partial charge is 0.507 e. The van der Waals surface area contributed by atoms with Crippen LogP contribution in [0.4, 0.5) is 0 Å². The molecule has 0 saturated heterocycles. The Morgan fingerprint density at radius 2 is 1.25 bits per heavy atom. The van der Waals surface area contributed by atoms with Crippen molar-refractivity contribution in [1.29, 1.82) is 0 Å². The van der Waals surface area contributed by atoms with E-state index in [4.69, 9.17) is 22.3 Å². The summed E-state index contributed by atoms with van der Waals surface area (Å²) in [5.74, 6) is 0.333. The van der Waals surface area contributed by atoms with Crippen LogP contribution in [0, 0.1) is 19.9 Å². The van der Waals surface area contributed by atoms with Crippen LogP contribution in [0.3, 0.4) is 0 Å². The van der Waals surface area contributed by atoms with E-state index in [0.29, 0.717) is 61.6 Å². The fourth-order valence-electron chi connectivity index (χ4n) is 7.72. The monoisotopic (exact) mass is 954 g/mol. The minimum atomic E-state index is -3.48. The van der Waals surface area contributed by atoms with Crippen molar-refractivity contribution >= 4 is 11.0 Å². The number of benzene rings is 7.